The average molecular weight is 238 g/mol. The first-order valence-corrected chi connectivity index (χ1v) is 6.62. The zero-order valence-electron chi connectivity index (χ0n) is 11.0. The van der Waals surface area contributed by atoms with Crippen LogP contribution in [0.5, 0.6) is 0 Å². The van der Waals surface area contributed by atoms with Crippen molar-refractivity contribution in [3.8, 4) is 0 Å². The van der Waals surface area contributed by atoms with Crippen molar-refractivity contribution < 1.29 is 9.59 Å². The number of rotatable bonds is 2. The largest absolute Gasteiger partial charge is 0.337 e. The van der Waals surface area contributed by atoms with Gasteiger partial charge in [-0.2, -0.15) is 0 Å². The molecule has 2 aliphatic rings. The Balaban J connectivity index is 2.20. The summed E-state index contributed by atoms with van der Waals surface area (Å²) >= 11 is 0. The highest BCUT2D eigenvalue weighted by atomic mass is 16.2. The van der Waals surface area contributed by atoms with Gasteiger partial charge in [-0.15, -0.1) is 0 Å². The molecule has 4 heteroatoms. The van der Waals surface area contributed by atoms with Gasteiger partial charge in [0.05, 0.1) is 0 Å². The van der Waals surface area contributed by atoms with Crippen LogP contribution in [0.3, 0.4) is 0 Å². The summed E-state index contributed by atoms with van der Waals surface area (Å²) in [6, 6.07) is 0.0436. The molecule has 4 nitrogen and oxygen atoms in total. The molecule has 17 heavy (non-hydrogen) atoms. The van der Waals surface area contributed by atoms with Gasteiger partial charge in [-0.3, -0.25) is 9.59 Å². The standard InChI is InChI=1S/C13H22N2O2/c1-9(2)10(3)14-8-6-12(16)15-7-4-5-11(15)13(14)17/h9-11H,4-8H2,1-3H3. The van der Waals surface area contributed by atoms with Gasteiger partial charge in [0.1, 0.15) is 6.04 Å². The normalized spacial score (nSPS) is 27.4. The Hall–Kier alpha value is -1.06. The Bertz CT molecular complexity index is 327. The first-order valence-electron chi connectivity index (χ1n) is 6.62. The lowest BCUT2D eigenvalue weighted by Crippen LogP contribution is -2.48. The summed E-state index contributed by atoms with van der Waals surface area (Å²) in [5, 5.41) is 0. The fraction of sp³-hybridized carbons (Fsp3) is 0.846. The second-order valence-electron chi connectivity index (χ2n) is 5.51. The Morgan fingerprint density at radius 1 is 1.18 bits per heavy atom. The Morgan fingerprint density at radius 2 is 1.88 bits per heavy atom. The van der Waals surface area contributed by atoms with Gasteiger partial charge < -0.3 is 9.80 Å². The van der Waals surface area contributed by atoms with Crippen LogP contribution in [0.2, 0.25) is 0 Å². The predicted molar refractivity (Wildman–Crippen MR) is 65.4 cm³/mol. The molecule has 0 bridgehead atoms. The van der Waals surface area contributed by atoms with Crippen LogP contribution < -0.4 is 0 Å². The maximum Gasteiger partial charge on any atom is 0.245 e. The van der Waals surface area contributed by atoms with E-state index in [1.54, 1.807) is 4.90 Å². The monoisotopic (exact) mass is 238 g/mol. The molecular formula is C13H22N2O2. The summed E-state index contributed by atoms with van der Waals surface area (Å²) in [5.41, 5.74) is 0. The van der Waals surface area contributed by atoms with Crippen molar-refractivity contribution in [3.05, 3.63) is 0 Å². The lowest BCUT2D eigenvalue weighted by Gasteiger charge is -2.32. The predicted octanol–water partition coefficient (Wildman–Crippen LogP) is 1.25. The summed E-state index contributed by atoms with van der Waals surface area (Å²) in [5.74, 6) is 0.746. The van der Waals surface area contributed by atoms with E-state index in [0.717, 1.165) is 19.4 Å². The van der Waals surface area contributed by atoms with Crippen LogP contribution in [0, 0.1) is 5.92 Å². The SMILES string of the molecule is CC(C)C(C)N1CCC(=O)N2CCCC2C1=O. The molecule has 2 amide bonds. The van der Waals surface area contributed by atoms with Crippen molar-refractivity contribution in [2.45, 2.75) is 52.1 Å². The second kappa shape index (κ2) is 4.67. The van der Waals surface area contributed by atoms with E-state index in [1.807, 2.05) is 4.90 Å². The number of nitrogens with zero attached hydrogens (tertiary/aromatic N) is 2. The maximum atomic E-state index is 12.5. The van der Waals surface area contributed by atoms with E-state index in [9.17, 15) is 9.59 Å². The molecule has 2 heterocycles. The number of fused-ring (bicyclic) bond motifs is 1. The van der Waals surface area contributed by atoms with Crippen LogP contribution in [-0.4, -0.2) is 46.8 Å². The highest BCUT2D eigenvalue weighted by Gasteiger charge is 2.40. The summed E-state index contributed by atoms with van der Waals surface area (Å²) in [4.78, 5) is 28.1. The number of hydrogen-bond acceptors (Lipinski definition) is 2. The summed E-state index contributed by atoms with van der Waals surface area (Å²) in [6.07, 6.45) is 2.29. The third-order valence-electron chi connectivity index (χ3n) is 4.16. The van der Waals surface area contributed by atoms with Crippen LogP contribution >= 0.6 is 0 Å². The van der Waals surface area contributed by atoms with E-state index in [2.05, 4.69) is 20.8 Å². The molecular weight excluding hydrogens is 216 g/mol. The van der Waals surface area contributed by atoms with E-state index in [0.29, 0.717) is 18.9 Å². The van der Waals surface area contributed by atoms with Crippen LogP contribution in [0.25, 0.3) is 0 Å². The minimum Gasteiger partial charge on any atom is -0.337 e. The van der Waals surface area contributed by atoms with Crippen LogP contribution in [0.4, 0.5) is 0 Å². The minimum absolute atomic E-state index is 0.152. The average Bonchev–Trinajstić information content (AvgIpc) is 2.73. The lowest BCUT2D eigenvalue weighted by atomic mass is 10.0. The molecule has 2 aliphatic heterocycles. The number of carbonyl (C=O) groups is 2. The fourth-order valence-corrected chi connectivity index (χ4v) is 2.75. The number of hydrogen-bond donors (Lipinski definition) is 0. The van der Waals surface area contributed by atoms with Crippen molar-refractivity contribution in [3.63, 3.8) is 0 Å². The first-order chi connectivity index (χ1) is 8.02. The number of carbonyl (C=O) groups excluding carboxylic acids is 2. The summed E-state index contributed by atoms with van der Waals surface area (Å²) in [6.45, 7) is 7.68. The summed E-state index contributed by atoms with van der Waals surface area (Å²) in [7, 11) is 0. The highest BCUT2D eigenvalue weighted by molar-refractivity contribution is 5.90. The second-order valence-corrected chi connectivity index (χ2v) is 5.51. The molecule has 0 N–H and O–H groups in total. The smallest absolute Gasteiger partial charge is 0.245 e. The van der Waals surface area contributed by atoms with E-state index in [4.69, 9.17) is 0 Å². The number of amides is 2. The van der Waals surface area contributed by atoms with Crippen LogP contribution in [0.15, 0.2) is 0 Å². The molecule has 0 saturated carbocycles. The third-order valence-corrected chi connectivity index (χ3v) is 4.16. The zero-order valence-corrected chi connectivity index (χ0v) is 11.0. The first kappa shape index (κ1) is 12.4. The molecule has 0 aromatic rings. The highest BCUT2D eigenvalue weighted by Crippen LogP contribution is 2.25. The molecule has 2 fully saturated rings. The fourth-order valence-electron chi connectivity index (χ4n) is 2.75. The molecule has 2 rings (SSSR count). The van der Waals surface area contributed by atoms with Crippen molar-refractivity contribution >= 4 is 11.8 Å². The lowest BCUT2D eigenvalue weighted by molar-refractivity contribution is -0.140. The van der Waals surface area contributed by atoms with Gasteiger partial charge in [-0.05, 0) is 25.7 Å². The van der Waals surface area contributed by atoms with Crippen LogP contribution in [0.1, 0.15) is 40.0 Å². The van der Waals surface area contributed by atoms with Gasteiger partial charge in [0.25, 0.3) is 0 Å². The Labute approximate surface area is 103 Å². The van der Waals surface area contributed by atoms with E-state index >= 15 is 0 Å². The van der Waals surface area contributed by atoms with Crippen molar-refractivity contribution in [2.24, 2.45) is 5.92 Å². The quantitative estimate of drug-likeness (QED) is 0.726. The molecule has 0 aliphatic carbocycles. The van der Waals surface area contributed by atoms with Crippen molar-refractivity contribution in [1.29, 1.82) is 0 Å². The van der Waals surface area contributed by atoms with Gasteiger partial charge in [0, 0.05) is 25.6 Å². The van der Waals surface area contributed by atoms with Gasteiger partial charge in [0.2, 0.25) is 11.8 Å². The molecule has 96 valence electrons. The van der Waals surface area contributed by atoms with E-state index in [-0.39, 0.29) is 23.9 Å². The van der Waals surface area contributed by atoms with E-state index in [1.165, 1.54) is 0 Å². The maximum absolute atomic E-state index is 12.5. The molecule has 2 saturated heterocycles. The van der Waals surface area contributed by atoms with E-state index < -0.39 is 0 Å². The zero-order chi connectivity index (χ0) is 12.6. The molecule has 0 radical (unpaired) electrons. The summed E-state index contributed by atoms with van der Waals surface area (Å²) < 4.78 is 0. The van der Waals surface area contributed by atoms with Gasteiger partial charge in [0.15, 0.2) is 0 Å². The molecule has 0 spiro atoms. The molecule has 2 unspecified atom stereocenters. The van der Waals surface area contributed by atoms with Crippen molar-refractivity contribution in [1.82, 2.24) is 9.80 Å². The van der Waals surface area contributed by atoms with Crippen molar-refractivity contribution in [2.75, 3.05) is 13.1 Å². The van der Waals surface area contributed by atoms with Crippen LogP contribution in [-0.2, 0) is 9.59 Å². The Morgan fingerprint density at radius 3 is 2.53 bits per heavy atom. The molecule has 2 atom stereocenters. The van der Waals surface area contributed by atoms with Gasteiger partial charge >= 0.3 is 0 Å². The minimum atomic E-state index is -0.175. The van der Waals surface area contributed by atoms with Gasteiger partial charge in [-0.1, -0.05) is 13.8 Å². The van der Waals surface area contributed by atoms with Gasteiger partial charge in [-0.25, -0.2) is 0 Å². The Kier molecular flexibility index (Phi) is 3.40. The topological polar surface area (TPSA) is 40.6 Å². The molecule has 0 aromatic heterocycles. The third kappa shape index (κ3) is 2.17. The molecule has 0 aromatic carbocycles.